The van der Waals surface area contributed by atoms with Gasteiger partial charge in [0.25, 0.3) is 11.8 Å². The van der Waals surface area contributed by atoms with Gasteiger partial charge in [-0.2, -0.15) is 10.1 Å². The smallest absolute Gasteiger partial charge is 0.260 e. The minimum atomic E-state index is -0.599. The van der Waals surface area contributed by atoms with Gasteiger partial charge in [-0.05, 0) is 97.8 Å². The Morgan fingerprint density at radius 3 is 2.66 bits per heavy atom. The fraction of sp³-hybridized carbons (Fsp3) is 0.400. The van der Waals surface area contributed by atoms with E-state index in [1.54, 1.807) is 4.68 Å². The first-order valence-electron chi connectivity index (χ1n) is 13.9. The molecule has 1 fully saturated rings. The molecular weight excluding hydrogens is 588 g/mol. The summed E-state index contributed by atoms with van der Waals surface area (Å²) in [6.07, 6.45) is 4.63. The Kier molecular flexibility index (Phi) is 8.63. The normalized spacial score (nSPS) is 16.6. The van der Waals surface area contributed by atoms with E-state index in [1.165, 1.54) is 6.33 Å². The van der Waals surface area contributed by atoms with Crippen molar-refractivity contribution in [2.24, 2.45) is 0 Å². The third-order valence-corrected chi connectivity index (χ3v) is 8.18. The van der Waals surface area contributed by atoms with Crippen LogP contribution in [0.5, 0.6) is 11.5 Å². The van der Waals surface area contributed by atoms with Gasteiger partial charge in [-0.3, -0.25) is 9.59 Å². The van der Waals surface area contributed by atoms with Gasteiger partial charge in [0.05, 0.1) is 16.7 Å². The Morgan fingerprint density at radius 2 is 1.90 bits per heavy atom. The number of aromatic nitrogens is 3. The predicted octanol–water partition coefficient (Wildman–Crippen LogP) is 5.38. The largest absolute Gasteiger partial charge is 0.490 e. The fourth-order valence-corrected chi connectivity index (χ4v) is 5.86. The van der Waals surface area contributed by atoms with Crippen LogP contribution >= 0.6 is 15.9 Å². The Morgan fingerprint density at radius 1 is 1.12 bits per heavy atom. The van der Waals surface area contributed by atoms with Crippen molar-refractivity contribution in [1.82, 2.24) is 19.7 Å². The number of nitrogens with zero attached hydrogens (tertiary/aromatic N) is 4. The number of halogens is 1. The highest BCUT2D eigenvalue weighted by molar-refractivity contribution is 9.10. The molecule has 5 rings (SSSR count). The SMILES string of the molecule is CCOc1cc(C2C(C(=O)Nc3cccc(C)c3C)=C(C)Nc3ncnn32)cc(Br)c1OCC(=O)N1CCCCC1. The maximum absolute atomic E-state index is 13.9. The van der Waals surface area contributed by atoms with Gasteiger partial charge in [0.2, 0.25) is 5.95 Å². The lowest BCUT2D eigenvalue weighted by Gasteiger charge is -2.30. The number of fused-ring (bicyclic) bond motifs is 1. The van der Waals surface area contributed by atoms with Crippen LogP contribution in [0.1, 0.15) is 55.8 Å². The number of nitrogens with one attached hydrogen (secondary N) is 2. The summed E-state index contributed by atoms with van der Waals surface area (Å²) in [5, 5.41) is 10.8. The lowest BCUT2D eigenvalue weighted by atomic mass is 9.94. The zero-order valence-corrected chi connectivity index (χ0v) is 25.4. The highest BCUT2D eigenvalue weighted by atomic mass is 79.9. The van der Waals surface area contributed by atoms with E-state index < -0.39 is 6.04 Å². The van der Waals surface area contributed by atoms with Crippen LogP contribution in [0.4, 0.5) is 11.6 Å². The van der Waals surface area contributed by atoms with E-state index in [0.717, 1.165) is 54.7 Å². The van der Waals surface area contributed by atoms with Gasteiger partial charge in [0.1, 0.15) is 12.4 Å². The van der Waals surface area contributed by atoms with E-state index in [-0.39, 0.29) is 18.4 Å². The molecule has 10 nitrogen and oxygen atoms in total. The molecule has 1 atom stereocenters. The lowest BCUT2D eigenvalue weighted by Crippen LogP contribution is -2.38. The quantitative estimate of drug-likeness (QED) is 0.347. The lowest BCUT2D eigenvalue weighted by molar-refractivity contribution is -0.134. The third kappa shape index (κ3) is 5.95. The van der Waals surface area contributed by atoms with Crippen molar-refractivity contribution in [3.05, 3.63) is 69.1 Å². The Hall–Kier alpha value is -3.86. The van der Waals surface area contributed by atoms with E-state index in [4.69, 9.17) is 9.47 Å². The molecule has 0 radical (unpaired) electrons. The van der Waals surface area contributed by atoms with Crippen LogP contribution in [0.15, 0.2) is 52.4 Å². The fourth-order valence-electron chi connectivity index (χ4n) is 5.29. The topological polar surface area (TPSA) is 111 Å². The molecule has 1 aromatic heterocycles. The number of allylic oxidation sites excluding steroid dienone is 1. The Bertz CT molecular complexity index is 1490. The number of carbonyl (C=O) groups excluding carboxylic acids is 2. The summed E-state index contributed by atoms with van der Waals surface area (Å²) < 4.78 is 14.3. The summed E-state index contributed by atoms with van der Waals surface area (Å²) in [5.74, 6) is 1.14. The molecule has 216 valence electrons. The minimum absolute atomic E-state index is 0.0438. The molecule has 0 aliphatic carbocycles. The molecule has 1 saturated heterocycles. The van der Waals surface area contributed by atoms with Crippen molar-refractivity contribution in [3.8, 4) is 11.5 Å². The molecule has 0 saturated carbocycles. The average Bonchev–Trinajstić information content (AvgIpc) is 3.42. The number of amides is 2. The van der Waals surface area contributed by atoms with Crippen molar-refractivity contribution in [2.75, 3.05) is 36.9 Å². The summed E-state index contributed by atoms with van der Waals surface area (Å²) in [5.41, 5.74) is 4.74. The van der Waals surface area contributed by atoms with Crippen molar-refractivity contribution < 1.29 is 19.1 Å². The number of ether oxygens (including phenoxy) is 2. The first-order chi connectivity index (χ1) is 19.8. The first-order valence-corrected chi connectivity index (χ1v) is 14.7. The molecule has 2 amide bonds. The molecule has 1 unspecified atom stereocenters. The van der Waals surface area contributed by atoms with E-state index >= 15 is 0 Å². The second-order valence-electron chi connectivity index (χ2n) is 10.3. The Labute approximate surface area is 248 Å². The first kappa shape index (κ1) is 28.7. The number of hydrogen-bond donors (Lipinski definition) is 2. The van der Waals surface area contributed by atoms with Crippen LogP contribution in [-0.2, 0) is 9.59 Å². The van der Waals surface area contributed by atoms with Crippen molar-refractivity contribution in [3.63, 3.8) is 0 Å². The summed E-state index contributed by atoms with van der Waals surface area (Å²) in [6, 6.07) is 8.95. The van der Waals surface area contributed by atoms with Gasteiger partial charge in [0, 0.05) is 24.5 Å². The molecule has 11 heteroatoms. The third-order valence-electron chi connectivity index (χ3n) is 7.59. The molecular formula is C30H35BrN6O4. The number of aryl methyl sites for hydroxylation is 1. The minimum Gasteiger partial charge on any atom is -0.490 e. The van der Waals surface area contributed by atoms with Gasteiger partial charge in [-0.1, -0.05) is 12.1 Å². The van der Waals surface area contributed by atoms with Crippen LogP contribution in [0.25, 0.3) is 0 Å². The van der Waals surface area contributed by atoms with Crippen LogP contribution in [0, 0.1) is 13.8 Å². The summed E-state index contributed by atoms with van der Waals surface area (Å²) in [4.78, 5) is 32.9. The molecule has 3 aromatic rings. The maximum Gasteiger partial charge on any atom is 0.260 e. The number of benzene rings is 2. The van der Waals surface area contributed by atoms with Gasteiger partial charge in [-0.25, -0.2) is 4.68 Å². The van der Waals surface area contributed by atoms with Crippen molar-refractivity contribution in [1.29, 1.82) is 0 Å². The summed E-state index contributed by atoms with van der Waals surface area (Å²) in [6.45, 7) is 9.56. The molecule has 2 N–H and O–H groups in total. The number of carbonyl (C=O) groups is 2. The number of rotatable bonds is 8. The summed E-state index contributed by atoms with van der Waals surface area (Å²) >= 11 is 3.65. The van der Waals surface area contributed by atoms with Crippen molar-refractivity contribution >= 4 is 39.4 Å². The number of likely N-dealkylation sites (tertiary alicyclic amines) is 1. The molecule has 0 bridgehead atoms. The van der Waals surface area contributed by atoms with Crippen LogP contribution < -0.4 is 20.1 Å². The molecule has 3 heterocycles. The van der Waals surface area contributed by atoms with Crippen LogP contribution in [-0.4, -0.2) is 57.8 Å². The Balaban J connectivity index is 1.49. The molecule has 41 heavy (non-hydrogen) atoms. The average molecular weight is 624 g/mol. The summed E-state index contributed by atoms with van der Waals surface area (Å²) in [7, 11) is 0. The van der Waals surface area contributed by atoms with Crippen molar-refractivity contribution in [2.45, 2.75) is 53.0 Å². The second-order valence-corrected chi connectivity index (χ2v) is 11.1. The van der Waals surface area contributed by atoms with E-state index in [0.29, 0.717) is 39.8 Å². The molecule has 2 aliphatic rings. The predicted molar refractivity (Wildman–Crippen MR) is 160 cm³/mol. The highest BCUT2D eigenvalue weighted by Crippen LogP contribution is 2.43. The maximum atomic E-state index is 13.9. The van der Waals surface area contributed by atoms with Gasteiger partial charge < -0.3 is 25.0 Å². The number of piperidine rings is 1. The highest BCUT2D eigenvalue weighted by Gasteiger charge is 2.35. The van der Waals surface area contributed by atoms with E-state index in [9.17, 15) is 9.59 Å². The number of anilines is 2. The van der Waals surface area contributed by atoms with Crippen LogP contribution in [0.2, 0.25) is 0 Å². The molecule has 2 aliphatic heterocycles. The van der Waals surface area contributed by atoms with Gasteiger partial charge in [-0.15, -0.1) is 0 Å². The molecule has 2 aromatic carbocycles. The second kappa shape index (κ2) is 12.3. The molecule has 0 spiro atoms. The standard InChI is InChI=1S/C30H35BrN6O4/c1-5-40-24-15-21(14-22(31)28(24)41-16-25(38)36-12-7-6-8-13-36)27-26(20(4)34-30-32-17-33-37(27)30)29(39)35-23-11-9-10-18(2)19(23)3/h9-11,14-15,17,27H,5-8,12-13,16H2,1-4H3,(H,35,39)(H,32,33,34). The van der Waals surface area contributed by atoms with Gasteiger partial charge in [0.15, 0.2) is 18.1 Å². The van der Waals surface area contributed by atoms with Crippen LogP contribution in [0.3, 0.4) is 0 Å². The monoisotopic (exact) mass is 622 g/mol. The van der Waals surface area contributed by atoms with E-state index in [2.05, 4.69) is 36.6 Å². The zero-order chi connectivity index (χ0) is 29.1. The van der Waals surface area contributed by atoms with Gasteiger partial charge >= 0.3 is 0 Å². The zero-order valence-electron chi connectivity index (χ0n) is 23.8. The number of hydrogen-bond acceptors (Lipinski definition) is 7. The van der Waals surface area contributed by atoms with E-state index in [1.807, 2.05) is 62.9 Å².